The molecule has 0 N–H and O–H groups in total. The molecule has 148 valence electrons. The molecule has 28 heavy (non-hydrogen) atoms. The predicted molar refractivity (Wildman–Crippen MR) is 105 cm³/mol. The number of anilines is 3. The van der Waals surface area contributed by atoms with Crippen molar-refractivity contribution in [1.29, 1.82) is 0 Å². The Morgan fingerprint density at radius 2 is 1.96 bits per heavy atom. The fourth-order valence-electron chi connectivity index (χ4n) is 3.51. The highest BCUT2D eigenvalue weighted by atomic mass is 16.6. The lowest BCUT2D eigenvalue weighted by molar-refractivity contribution is -0.383. The quantitative estimate of drug-likeness (QED) is 0.425. The summed E-state index contributed by atoms with van der Waals surface area (Å²) in [7, 11) is 1.37. The molecule has 1 aromatic heterocycles. The van der Waals surface area contributed by atoms with Gasteiger partial charge in [-0.15, -0.1) is 0 Å². The van der Waals surface area contributed by atoms with Crippen LogP contribution in [-0.4, -0.2) is 47.6 Å². The second-order valence-electron chi connectivity index (χ2n) is 6.49. The van der Waals surface area contributed by atoms with Crippen molar-refractivity contribution >= 4 is 29.0 Å². The van der Waals surface area contributed by atoms with Gasteiger partial charge in [0.25, 0.3) is 0 Å². The molecule has 0 atom stereocenters. The number of hydrogen-bond acceptors (Lipinski definition) is 8. The SMILES string of the molecule is CCN(c1ccccc1)c1ncnc(N2CCC(C(=O)OC)CC2)c1[N+](=O)[O-]. The Labute approximate surface area is 163 Å². The first-order chi connectivity index (χ1) is 13.6. The van der Waals surface area contributed by atoms with Gasteiger partial charge in [-0.1, -0.05) is 18.2 Å². The normalized spacial score (nSPS) is 14.6. The number of esters is 1. The van der Waals surface area contributed by atoms with Gasteiger partial charge < -0.3 is 14.5 Å². The zero-order chi connectivity index (χ0) is 20.1. The molecule has 1 saturated heterocycles. The van der Waals surface area contributed by atoms with Crippen molar-refractivity contribution in [1.82, 2.24) is 9.97 Å². The molecule has 0 unspecified atom stereocenters. The highest BCUT2D eigenvalue weighted by molar-refractivity contribution is 5.77. The van der Waals surface area contributed by atoms with Crippen LogP contribution in [0, 0.1) is 16.0 Å². The number of ether oxygens (including phenoxy) is 1. The molecule has 9 heteroatoms. The zero-order valence-electron chi connectivity index (χ0n) is 15.9. The lowest BCUT2D eigenvalue weighted by Gasteiger charge is -2.31. The van der Waals surface area contributed by atoms with Crippen molar-refractivity contribution in [2.24, 2.45) is 5.92 Å². The van der Waals surface area contributed by atoms with Crippen molar-refractivity contribution in [3.8, 4) is 0 Å². The third-order valence-electron chi connectivity index (χ3n) is 4.93. The maximum Gasteiger partial charge on any atom is 0.353 e. The Balaban J connectivity index is 1.95. The van der Waals surface area contributed by atoms with Crippen LogP contribution in [0.5, 0.6) is 0 Å². The third kappa shape index (κ3) is 3.88. The summed E-state index contributed by atoms with van der Waals surface area (Å²) >= 11 is 0. The number of carbonyl (C=O) groups is 1. The predicted octanol–water partition coefficient (Wildman–Crippen LogP) is 2.93. The average Bonchev–Trinajstić information content (AvgIpc) is 2.74. The van der Waals surface area contributed by atoms with E-state index in [9.17, 15) is 14.9 Å². The van der Waals surface area contributed by atoms with E-state index in [4.69, 9.17) is 4.74 Å². The van der Waals surface area contributed by atoms with Crippen molar-refractivity contribution < 1.29 is 14.5 Å². The summed E-state index contributed by atoms with van der Waals surface area (Å²) in [6.07, 6.45) is 2.49. The number of piperidine rings is 1. The van der Waals surface area contributed by atoms with Gasteiger partial charge in [0, 0.05) is 25.3 Å². The molecule has 1 aliphatic rings. The molecule has 0 bridgehead atoms. The topological polar surface area (TPSA) is 102 Å². The van der Waals surface area contributed by atoms with Gasteiger partial charge in [0.2, 0.25) is 11.6 Å². The molecule has 1 aliphatic heterocycles. The summed E-state index contributed by atoms with van der Waals surface area (Å²) in [5, 5.41) is 12.0. The second-order valence-corrected chi connectivity index (χ2v) is 6.49. The molecule has 0 aliphatic carbocycles. The minimum absolute atomic E-state index is 0.121. The number of rotatable bonds is 6. The van der Waals surface area contributed by atoms with Gasteiger partial charge in [0.05, 0.1) is 18.0 Å². The Bertz CT molecular complexity index is 837. The summed E-state index contributed by atoms with van der Waals surface area (Å²) in [5.74, 6) is 0.128. The molecule has 3 rings (SSSR count). The van der Waals surface area contributed by atoms with Crippen molar-refractivity contribution in [3.63, 3.8) is 0 Å². The fraction of sp³-hybridized carbons (Fsp3) is 0.421. The van der Waals surface area contributed by atoms with Gasteiger partial charge in [-0.25, -0.2) is 9.97 Å². The molecule has 0 saturated carbocycles. The number of methoxy groups -OCH3 is 1. The molecule has 0 spiro atoms. The van der Waals surface area contributed by atoms with Gasteiger partial charge in [-0.3, -0.25) is 14.9 Å². The van der Waals surface area contributed by atoms with E-state index in [0.29, 0.717) is 32.5 Å². The van der Waals surface area contributed by atoms with Gasteiger partial charge in [0.1, 0.15) is 6.33 Å². The van der Waals surface area contributed by atoms with E-state index in [1.807, 2.05) is 42.2 Å². The van der Waals surface area contributed by atoms with Crippen LogP contribution in [0.4, 0.5) is 23.0 Å². The Hall–Kier alpha value is -3.23. The summed E-state index contributed by atoms with van der Waals surface area (Å²) in [6, 6.07) is 9.42. The Morgan fingerprint density at radius 3 is 2.54 bits per heavy atom. The monoisotopic (exact) mass is 385 g/mol. The van der Waals surface area contributed by atoms with Gasteiger partial charge >= 0.3 is 11.7 Å². The van der Waals surface area contributed by atoms with Gasteiger partial charge in [-0.2, -0.15) is 0 Å². The third-order valence-corrected chi connectivity index (χ3v) is 4.93. The number of nitrogens with zero attached hydrogens (tertiary/aromatic N) is 5. The molecule has 2 heterocycles. The molecule has 2 aromatic rings. The van der Waals surface area contributed by atoms with Crippen LogP contribution in [-0.2, 0) is 9.53 Å². The van der Waals surface area contributed by atoms with Crippen LogP contribution in [0.15, 0.2) is 36.7 Å². The molecule has 1 fully saturated rings. The molecular weight excluding hydrogens is 362 g/mol. The average molecular weight is 385 g/mol. The molecular formula is C19H23N5O4. The largest absolute Gasteiger partial charge is 0.469 e. The summed E-state index contributed by atoms with van der Waals surface area (Å²) in [6.45, 7) is 3.43. The number of benzene rings is 1. The van der Waals surface area contributed by atoms with Crippen LogP contribution in [0.25, 0.3) is 0 Å². The Morgan fingerprint density at radius 1 is 1.29 bits per heavy atom. The van der Waals surface area contributed by atoms with E-state index in [0.717, 1.165) is 5.69 Å². The summed E-state index contributed by atoms with van der Waals surface area (Å²) < 4.78 is 4.81. The van der Waals surface area contributed by atoms with Crippen molar-refractivity contribution in [2.45, 2.75) is 19.8 Å². The minimum Gasteiger partial charge on any atom is -0.469 e. The highest BCUT2D eigenvalue weighted by Gasteiger charge is 2.33. The van der Waals surface area contributed by atoms with Gasteiger partial charge in [0.15, 0.2) is 0 Å². The van der Waals surface area contributed by atoms with E-state index in [-0.39, 0.29) is 29.2 Å². The summed E-state index contributed by atoms with van der Waals surface area (Å²) in [5.41, 5.74) is 0.701. The first-order valence-corrected chi connectivity index (χ1v) is 9.21. The van der Waals surface area contributed by atoms with Crippen LogP contribution in [0.2, 0.25) is 0 Å². The Kier molecular flexibility index (Phi) is 6.03. The van der Waals surface area contributed by atoms with Crippen molar-refractivity contribution in [3.05, 3.63) is 46.8 Å². The summed E-state index contributed by atoms with van der Waals surface area (Å²) in [4.78, 5) is 35.4. The molecule has 9 nitrogen and oxygen atoms in total. The zero-order valence-corrected chi connectivity index (χ0v) is 15.9. The first kappa shape index (κ1) is 19.5. The lowest BCUT2D eigenvalue weighted by Crippen LogP contribution is -2.37. The van der Waals surface area contributed by atoms with Crippen LogP contribution in [0.1, 0.15) is 19.8 Å². The molecule has 0 radical (unpaired) electrons. The van der Waals surface area contributed by atoms with E-state index in [2.05, 4.69) is 9.97 Å². The second kappa shape index (κ2) is 8.64. The van der Waals surface area contributed by atoms with Crippen LogP contribution in [0.3, 0.4) is 0 Å². The lowest BCUT2D eigenvalue weighted by atomic mass is 9.97. The van der Waals surface area contributed by atoms with E-state index in [1.54, 1.807) is 4.90 Å². The van der Waals surface area contributed by atoms with E-state index >= 15 is 0 Å². The molecule has 0 amide bonds. The van der Waals surface area contributed by atoms with Gasteiger partial charge in [-0.05, 0) is 31.9 Å². The maximum atomic E-state index is 12.0. The van der Waals surface area contributed by atoms with Crippen molar-refractivity contribution in [2.75, 3.05) is 36.5 Å². The number of para-hydroxylation sites is 1. The first-order valence-electron chi connectivity index (χ1n) is 9.21. The fourth-order valence-corrected chi connectivity index (χ4v) is 3.51. The number of nitro groups is 1. The minimum atomic E-state index is -0.428. The number of hydrogen-bond donors (Lipinski definition) is 0. The number of aromatic nitrogens is 2. The van der Waals surface area contributed by atoms with Crippen LogP contribution < -0.4 is 9.80 Å². The van der Waals surface area contributed by atoms with E-state index < -0.39 is 4.92 Å². The standard InChI is InChI=1S/C19H23N5O4/c1-3-23(15-7-5-4-6-8-15)18-16(24(26)27)17(20-13-21-18)22-11-9-14(10-12-22)19(25)28-2/h4-8,13-14H,3,9-12H2,1-2H3. The number of carbonyl (C=O) groups excluding carboxylic acids is 1. The molecule has 1 aromatic carbocycles. The smallest absolute Gasteiger partial charge is 0.353 e. The van der Waals surface area contributed by atoms with Crippen LogP contribution >= 0.6 is 0 Å². The maximum absolute atomic E-state index is 12.0. The highest BCUT2D eigenvalue weighted by Crippen LogP contribution is 2.38. The van der Waals surface area contributed by atoms with E-state index in [1.165, 1.54) is 13.4 Å².